The van der Waals surface area contributed by atoms with Gasteiger partial charge in [0.25, 0.3) is 0 Å². The molecule has 0 spiro atoms. The van der Waals surface area contributed by atoms with Crippen LogP contribution in [0, 0.1) is 12.3 Å². The molecule has 5 nitrogen and oxygen atoms in total. The van der Waals surface area contributed by atoms with Crippen molar-refractivity contribution in [3.05, 3.63) is 24.0 Å². The van der Waals surface area contributed by atoms with E-state index in [1.807, 2.05) is 0 Å². The lowest BCUT2D eigenvalue weighted by Crippen LogP contribution is -2.31. The minimum Gasteiger partial charge on any atom is -0.385 e. The van der Waals surface area contributed by atoms with Gasteiger partial charge in [0.1, 0.15) is 0 Å². The Kier molecular flexibility index (Phi) is 4.23. The molecule has 0 saturated heterocycles. The first-order valence-corrected chi connectivity index (χ1v) is 7.87. The van der Waals surface area contributed by atoms with Crippen LogP contribution in [0.4, 0.5) is 0 Å². The molecule has 1 aliphatic rings. The fourth-order valence-electron chi connectivity index (χ4n) is 2.03. The van der Waals surface area contributed by atoms with Gasteiger partial charge in [0.2, 0.25) is 10.0 Å². The summed E-state index contributed by atoms with van der Waals surface area (Å²) in [6.07, 6.45) is 4.55. The lowest BCUT2D eigenvalue weighted by molar-refractivity contribution is 0.173. The van der Waals surface area contributed by atoms with Gasteiger partial charge in [0.15, 0.2) is 0 Å². The maximum absolute atomic E-state index is 12.2. The molecule has 0 aliphatic heterocycles. The number of hydrogen-bond acceptors (Lipinski definition) is 4. The molecule has 1 heterocycles. The van der Waals surface area contributed by atoms with E-state index < -0.39 is 10.0 Å². The minimum atomic E-state index is -3.43. The van der Waals surface area contributed by atoms with Crippen LogP contribution < -0.4 is 4.72 Å². The standard InChI is InChI=1S/C13H20N2O3S/c1-11-9-12(3-7-14-11)19(16,17)15-10-13(4-5-13)6-8-18-2/h3,7,9,15H,4-6,8,10H2,1-2H3. The summed E-state index contributed by atoms with van der Waals surface area (Å²) in [5, 5.41) is 0. The average molecular weight is 284 g/mol. The molecule has 1 fully saturated rings. The molecule has 0 atom stereocenters. The van der Waals surface area contributed by atoms with Gasteiger partial charge < -0.3 is 4.74 Å². The number of sulfonamides is 1. The number of aromatic nitrogens is 1. The largest absolute Gasteiger partial charge is 0.385 e. The van der Waals surface area contributed by atoms with E-state index in [1.165, 1.54) is 12.3 Å². The first-order valence-electron chi connectivity index (χ1n) is 6.39. The Morgan fingerprint density at radius 3 is 2.79 bits per heavy atom. The lowest BCUT2D eigenvalue weighted by atomic mass is 10.0. The molecule has 0 amide bonds. The zero-order valence-electron chi connectivity index (χ0n) is 11.3. The van der Waals surface area contributed by atoms with Crippen molar-refractivity contribution < 1.29 is 13.2 Å². The van der Waals surface area contributed by atoms with Crippen molar-refractivity contribution in [1.29, 1.82) is 0 Å². The quantitative estimate of drug-likeness (QED) is 0.823. The van der Waals surface area contributed by atoms with Crippen molar-refractivity contribution in [2.24, 2.45) is 5.41 Å². The monoisotopic (exact) mass is 284 g/mol. The van der Waals surface area contributed by atoms with Crippen molar-refractivity contribution in [3.8, 4) is 0 Å². The summed E-state index contributed by atoms with van der Waals surface area (Å²) in [4.78, 5) is 4.29. The smallest absolute Gasteiger partial charge is 0.240 e. The molecule has 1 aromatic rings. The highest BCUT2D eigenvalue weighted by Gasteiger charge is 2.42. The highest BCUT2D eigenvalue weighted by atomic mass is 32.2. The summed E-state index contributed by atoms with van der Waals surface area (Å²) in [7, 11) is -1.77. The lowest BCUT2D eigenvalue weighted by Gasteiger charge is -2.15. The second-order valence-corrected chi connectivity index (χ2v) is 6.97. The van der Waals surface area contributed by atoms with Gasteiger partial charge >= 0.3 is 0 Å². The number of ether oxygens (including phenoxy) is 1. The number of nitrogens with one attached hydrogen (secondary N) is 1. The Labute approximate surface area is 114 Å². The molecule has 1 aliphatic carbocycles. The minimum absolute atomic E-state index is 0.102. The number of pyridine rings is 1. The van der Waals surface area contributed by atoms with Gasteiger partial charge in [-0.2, -0.15) is 0 Å². The zero-order chi connectivity index (χ0) is 13.9. The van der Waals surface area contributed by atoms with Crippen LogP contribution in [0.25, 0.3) is 0 Å². The molecule has 19 heavy (non-hydrogen) atoms. The molecule has 1 aromatic heterocycles. The summed E-state index contributed by atoms with van der Waals surface area (Å²) < 4.78 is 32.1. The molecule has 0 radical (unpaired) electrons. The fourth-order valence-corrected chi connectivity index (χ4v) is 3.26. The van der Waals surface area contributed by atoms with Crippen LogP contribution in [0.3, 0.4) is 0 Å². The molecular formula is C13H20N2O3S. The Balaban J connectivity index is 1.99. The maximum Gasteiger partial charge on any atom is 0.240 e. The van der Waals surface area contributed by atoms with Crippen LogP contribution in [0.1, 0.15) is 25.0 Å². The summed E-state index contributed by atoms with van der Waals surface area (Å²) >= 11 is 0. The number of rotatable bonds is 7. The topological polar surface area (TPSA) is 68.3 Å². The highest BCUT2D eigenvalue weighted by molar-refractivity contribution is 7.89. The number of hydrogen-bond donors (Lipinski definition) is 1. The summed E-state index contributed by atoms with van der Waals surface area (Å²) in [5.41, 5.74) is 0.800. The molecule has 0 unspecified atom stereocenters. The predicted octanol–water partition coefficient (Wildman–Crippen LogP) is 1.49. The van der Waals surface area contributed by atoms with Gasteiger partial charge in [-0.3, -0.25) is 4.98 Å². The first kappa shape index (κ1) is 14.4. The van der Waals surface area contributed by atoms with Gasteiger partial charge in [-0.25, -0.2) is 13.1 Å². The summed E-state index contributed by atoms with van der Waals surface area (Å²) in [6.45, 7) is 2.94. The average Bonchev–Trinajstić information content (AvgIpc) is 3.15. The zero-order valence-corrected chi connectivity index (χ0v) is 12.2. The first-order chi connectivity index (χ1) is 8.97. The molecule has 1 N–H and O–H groups in total. The molecule has 0 aromatic carbocycles. The van der Waals surface area contributed by atoms with Crippen molar-refractivity contribution in [1.82, 2.24) is 9.71 Å². The molecule has 0 bridgehead atoms. The van der Waals surface area contributed by atoms with Crippen molar-refractivity contribution in [3.63, 3.8) is 0 Å². The van der Waals surface area contributed by atoms with E-state index in [0.29, 0.717) is 18.8 Å². The maximum atomic E-state index is 12.2. The van der Waals surface area contributed by atoms with Crippen molar-refractivity contribution >= 4 is 10.0 Å². The fraction of sp³-hybridized carbons (Fsp3) is 0.615. The number of methoxy groups -OCH3 is 1. The third-order valence-electron chi connectivity index (χ3n) is 3.61. The number of aryl methyl sites for hydroxylation is 1. The molecule has 6 heteroatoms. The van der Waals surface area contributed by atoms with E-state index in [1.54, 1.807) is 20.1 Å². The summed E-state index contributed by atoms with van der Waals surface area (Å²) in [5.74, 6) is 0. The molecular weight excluding hydrogens is 264 g/mol. The van der Waals surface area contributed by atoms with Crippen LogP contribution in [0.15, 0.2) is 23.2 Å². The van der Waals surface area contributed by atoms with E-state index in [2.05, 4.69) is 9.71 Å². The van der Waals surface area contributed by atoms with E-state index in [9.17, 15) is 8.42 Å². The van der Waals surface area contributed by atoms with E-state index in [0.717, 1.165) is 19.3 Å². The third kappa shape index (κ3) is 3.75. The van der Waals surface area contributed by atoms with E-state index in [4.69, 9.17) is 4.74 Å². The Morgan fingerprint density at radius 1 is 1.47 bits per heavy atom. The summed E-state index contributed by atoms with van der Waals surface area (Å²) in [6, 6.07) is 3.10. The van der Waals surface area contributed by atoms with Crippen LogP contribution in [0.5, 0.6) is 0 Å². The second-order valence-electron chi connectivity index (χ2n) is 5.20. The highest BCUT2D eigenvalue weighted by Crippen LogP contribution is 2.48. The van der Waals surface area contributed by atoms with Gasteiger partial charge in [0.05, 0.1) is 4.90 Å². The molecule has 2 rings (SSSR count). The Morgan fingerprint density at radius 2 is 2.21 bits per heavy atom. The predicted molar refractivity (Wildman–Crippen MR) is 72.3 cm³/mol. The Hall–Kier alpha value is -0.980. The SMILES string of the molecule is COCCC1(CNS(=O)(=O)c2ccnc(C)c2)CC1. The Bertz CT molecular complexity index is 539. The van der Waals surface area contributed by atoms with Gasteiger partial charge in [-0.1, -0.05) is 0 Å². The second kappa shape index (κ2) is 5.56. The molecule has 106 valence electrons. The van der Waals surface area contributed by atoms with Crippen molar-refractivity contribution in [2.45, 2.75) is 31.1 Å². The van der Waals surface area contributed by atoms with Gasteiger partial charge in [-0.15, -0.1) is 0 Å². The number of nitrogens with zero attached hydrogens (tertiary/aromatic N) is 1. The normalized spacial score (nSPS) is 17.4. The van der Waals surface area contributed by atoms with Crippen LogP contribution in [-0.2, 0) is 14.8 Å². The van der Waals surface area contributed by atoms with Crippen molar-refractivity contribution in [2.75, 3.05) is 20.3 Å². The van der Waals surface area contributed by atoms with E-state index >= 15 is 0 Å². The van der Waals surface area contributed by atoms with Gasteiger partial charge in [-0.05, 0) is 43.7 Å². The molecule has 1 saturated carbocycles. The van der Waals surface area contributed by atoms with Gasteiger partial charge in [0, 0.05) is 32.2 Å². The van der Waals surface area contributed by atoms with Crippen LogP contribution >= 0.6 is 0 Å². The van der Waals surface area contributed by atoms with E-state index in [-0.39, 0.29) is 10.3 Å². The van der Waals surface area contributed by atoms with Crippen LogP contribution in [0.2, 0.25) is 0 Å². The third-order valence-corrected chi connectivity index (χ3v) is 5.01. The van der Waals surface area contributed by atoms with Crippen LogP contribution in [-0.4, -0.2) is 33.7 Å².